The molecule has 0 saturated heterocycles. The molecule has 6 rings (SSSR count). The van der Waals surface area contributed by atoms with Gasteiger partial charge in [-0.25, -0.2) is 19.0 Å². The summed E-state index contributed by atoms with van der Waals surface area (Å²) in [6, 6.07) is 15.7. The molecule has 0 spiro atoms. The van der Waals surface area contributed by atoms with Gasteiger partial charge in [-0.3, -0.25) is 4.79 Å². The van der Waals surface area contributed by atoms with Crippen LogP contribution in [0.25, 0.3) is 44.6 Å². The molecule has 0 saturated carbocycles. The number of hydrogen-bond acceptors (Lipinski definition) is 7. The molecule has 2 aromatic carbocycles. The van der Waals surface area contributed by atoms with Crippen molar-refractivity contribution in [2.45, 2.75) is 13.0 Å². The van der Waals surface area contributed by atoms with Crippen LogP contribution in [-0.2, 0) is 0 Å². The lowest BCUT2D eigenvalue weighted by Crippen LogP contribution is -2.16. The predicted molar refractivity (Wildman–Crippen MR) is 129 cm³/mol. The number of nitrogens with zero attached hydrogens (tertiary/aromatic N) is 4. The molecular weight excluding hydrogens is 449 g/mol. The van der Waals surface area contributed by atoms with Crippen LogP contribution in [0, 0.1) is 5.82 Å². The number of nitrogens with two attached hydrogens (primary N) is 1. The van der Waals surface area contributed by atoms with Gasteiger partial charge >= 0.3 is 0 Å². The highest BCUT2D eigenvalue weighted by atomic mass is 19.1. The largest absolute Gasteiger partial charge is 0.463 e. The van der Waals surface area contributed by atoms with Crippen molar-refractivity contribution in [3.63, 3.8) is 0 Å². The minimum Gasteiger partial charge on any atom is -0.463 e. The zero-order chi connectivity index (χ0) is 24.1. The number of rotatable bonds is 4. The second-order valence-corrected chi connectivity index (χ2v) is 8.08. The van der Waals surface area contributed by atoms with Crippen LogP contribution in [0.15, 0.2) is 86.9 Å². The third-order valence-electron chi connectivity index (χ3n) is 5.96. The summed E-state index contributed by atoms with van der Waals surface area (Å²) in [6.45, 7) is 1.83. The van der Waals surface area contributed by atoms with Gasteiger partial charge in [-0.2, -0.15) is 5.10 Å². The third-order valence-corrected chi connectivity index (χ3v) is 5.96. The first-order valence-electron chi connectivity index (χ1n) is 10.9. The first-order valence-corrected chi connectivity index (χ1v) is 10.9. The summed E-state index contributed by atoms with van der Waals surface area (Å²) < 4.78 is 27.6. The Hall–Kier alpha value is -4.79. The summed E-state index contributed by atoms with van der Waals surface area (Å²) >= 11 is 0. The number of furan rings is 1. The number of fused-ring (bicyclic) bond motifs is 2. The van der Waals surface area contributed by atoms with Crippen molar-refractivity contribution in [3.8, 4) is 22.6 Å². The Morgan fingerprint density at radius 3 is 2.71 bits per heavy atom. The summed E-state index contributed by atoms with van der Waals surface area (Å²) in [6.07, 6.45) is 2.88. The zero-order valence-electron chi connectivity index (χ0n) is 18.5. The number of halogens is 1. The number of aromatic nitrogens is 4. The summed E-state index contributed by atoms with van der Waals surface area (Å²) in [4.78, 5) is 22.2. The van der Waals surface area contributed by atoms with Crippen LogP contribution >= 0.6 is 0 Å². The highest BCUT2D eigenvalue weighted by Crippen LogP contribution is 2.36. The molecule has 0 aliphatic rings. The van der Waals surface area contributed by atoms with E-state index in [0.717, 1.165) is 0 Å². The van der Waals surface area contributed by atoms with Gasteiger partial charge in [0.2, 0.25) is 5.43 Å². The number of anilines is 1. The second kappa shape index (κ2) is 7.91. The van der Waals surface area contributed by atoms with E-state index in [4.69, 9.17) is 19.7 Å². The fourth-order valence-corrected chi connectivity index (χ4v) is 4.33. The van der Waals surface area contributed by atoms with Crippen molar-refractivity contribution in [2.24, 2.45) is 0 Å². The molecular formula is C26H18FN5O3. The molecule has 8 nitrogen and oxygen atoms in total. The Balaban J connectivity index is 1.66. The molecule has 172 valence electrons. The van der Waals surface area contributed by atoms with Crippen LogP contribution in [0.5, 0.6) is 0 Å². The van der Waals surface area contributed by atoms with E-state index in [1.807, 2.05) is 6.92 Å². The predicted octanol–water partition coefficient (Wildman–Crippen LogP) is 5.19. The fraction of sp³-hybridized carbons (Fsp3) is 0.0769. The highest BCUT2D eigenvalue weighted by molar-refractivity contribution is 5.97. The molecule has 4 aromatic heterocycles. The first-order chi connectivity index (χ1) is 17.0. The van der Waals surface area contributed by atoms with Crippen molar-refractivity contribution >= 4 is 27.8 Å². The molecule has 9 heteroatoms. The van der Waals surface area contributed by atoms with Crippen LogP contribution < -0.4 is 11.2 Å². The van der Waals surface area contributed by atoms with Crippen molar-refractivity contribution < 1.29 is 13.2 Å². The van der Waals surface area contributed by atoms with E-state index in [2.05, 4.69) is 9.97 Å². The van der Waals surface area contributed by atoms with Gasteiger partial charge in [-0.1, -0.05) is 24.3 Å². The standard InChI is InChI=1S/C26H18FN5O3/c1-14(32-26-21(25(28)29-13-30-26)22(31-32)19-10-5-11-34-19)24-20(15-6-4-7-16(27)12-15)23(33)17-8-2-3-9-18(17)35-24/h2-14H,1H3,(H2,28,29,30). The van der Waals surface area contributed by atoms with Crippen molar-refractivity contribution in [1.82, 2.24) is 19.7 Å². The lowest BCUT2D eigenvalue weighted by molar-refractivity contribution is 0.445. The maximum Gasteiger partial charge on any atom is 0.200 e. The van der Waals surface area contributed by atoms with Gasteiger partial charge in [0.25, 0.3) is 0 Å². The molecule has 0 bridgehead atoms. The normalized spacial score (nSPS) is 12.4. The molecule has 0 aliphatic carbocycles. The molecule has 0 aliphatic heterocycles. The first kappa shape index (κ1) is 20.8. The maximum atomic E-state index is 14.2. The molecule has 0 radical (unpaired) electrons. The average molecular weight is 467 g/mol. The summed E-state index contributed by atoms with van der Waals surface area (Å²) in [5, 5.41) is 5.65. The number of benzene rings is 2. The number of hydrogen-bond donors (Lipinski definition) is 1. The van der Waals surface area contributed by atoms with Crippen molar-refractivity contribution in [2.75, 3.05) is 5.73 Å². The van der Waals surface area contributed by atoms with Crippen LogP contribution in [0.3, 0.4) is 0 Å². The Bertz CT molecular complexity index is 1770. The molecule has 0 fully saturated rings. The molecule has 1 atom stereocenters. The van der Waals surface area contributed by atoms with E-state index in [0.29, 0.717) is 44.8 Å². The maximum absolute atomic E-state index is 14.2. The fourth-order valence-electron chi connectivity index (χ4n) is 4.33. The highest BCUT2D eigenvalue weighted by Gasteiger charge is 2.27. The van der Waals surface area contributed by atoms with Crippen LogP contribution in [0.2, 0.25) is 0 Å². The van der Waals surface area contributed by atoms with Gasteiger partial charge in [0.05, 0.1) is 22.6 Å². The topological polar surface area (TPSA) is 113 Å². The Kier molecular flexibility index (Phi) is 4.70. The Morgan fingerprint density at radius 2 is 1.91 bits per heavy atom. The molecule has 2 N–H and O–H groups in total. The summed E-state index contributed by atoms with van der Waals surface area (Å²) in [5.41, 5.74) is 7.90. The molecule has 35 heavy (non-hydrogen) atoms. The molecule has 4 heterocycles. The average Bonchev–Trinajstić information content (AvgIpc) is 3.52. The van der Waals surface area contributed by atoms with Crippen LogP contribution in [-0.4, -0.2) is 19.7 Å². The Morgan fingerprint density at radius 1 is 1.06 bits per heavy atom. The van der Waals surface area contributed by atoms with Crippen molar-refractivity contribution in [3.05, 3.63) is 95.1 Å². The third kappa shape index (κ3) is 3.28. The van der Waals surface area contributed by atoms with E-state index in [1.165, 1.54) is 24.7 Å². The smallest absolute Gasteiger partial charge is 0.200 e. The summed E-state index contributed by atoms with van der Waals surface area (Å²) in [5.74, 6) is 0.587. The number of nitrogen functional groups attached to an aromatic ring is 1. The summed E-state index contributed by atoms with van der Waals surface area (Å²) in [7, 11) is 0. The van der Waals surface area contributed by atoms with Gasteiger partial charge in [0.1, 0.15) is 41.0 Å². The quantitative estimate of drug-likeness (QED) is 0.380. The van der Waals surface area contributed by atoms with E-state index in [9.17, 15) is 9.18 Å². The second-order valence-electron chi connectivity index (χ2n) is 8.08. The monoisotopic (exact) mass is 467 g/mol. The van der Waals surface area contributed by atoms with Gasteiger partial charge in [-0.05, 0) is 48.9 Å². The van der Waals surface area contributed by atoms with E-state index < -0.39 is 11.9 Å². The zero-order valence-corrected chi connectivity index (χ0v) is 18.5. The van der Waals surface area contributed by atoms with Crippen LogP contribution in [0.1, 0.15) is 18.7 Å². The van der Waals surface area contributed by atoms with E-state index in [1.54, 1.807) is 53.2 Å². The lowest BCUT2D eigenvalue weighted by atomic mass is 9.99. The van der Waals surface area contributed by atoms with Gasteiger partial charge < -0.3 is 14.6 Å². The van der Waals surface area contributed by atoms with Crippen LogP contribution in [0.4, 0.5) is 10.2 Å². The molecule has 0 amide bonds. The Labute approximate surface area is 197 Å². The number of para-hydroxylation sites is 1. The van der Waals surface area contributed by atoms with Gasteiger partial charge in [0, 0.05) is 0 Å². The van der Waals surface area contributed by atoms with Gasteiger partial charge in [-0.15, -0.1) is 0 Å². The molecule has 6 aromatic rings. The van der Waals surface area contributed by atoms with E-state index in [-0.39, 0.29) is 16.8 Å². The molecule has 1 unspecified atom stereocenters. The van der Waals surface area contributed by atoms with Gasteiger partial charge in [0.15, 0.2) is 11.4 Å². The van der Waals surface area contributed by atoms with Crippen molar-refractivity contribution in [1.29, 1.82) is 0 Å². The minimum absolute atomic E-state index is 0.241. The van der Waals surface area contributed by atoms with E-state index >= 15 is 0 Å². The lowest BCUT2D eigenvalue weighted by Gasteiger charge is -2.17. The minimum atomic E-state index is -0.619. The SMILES string of the molecule is CC(c1oc2ccccc2c(=O)c1-c1cccc(F)c1)n1nc(-c2ccco2)c2c(N)ncnc21.